The molecule has 0 aliphatic carbocycles. The molecule has 22 heavy (non-hydrogen) atoms. The topological polar surface area (TPSA) is 111 Å². The number of carbonyl (C=O) groups is 1. The summed E-state index contributed by atoms with van der Waals surface area (Å²) in [7, 11) is 0. The van der Waals surface area contributed by atoms with Crippen molar-refractivity contribution in [3.05, 3.63) is 35.9 Å². The number of aliphatic hydroxyl groups is 2. The Kier molecular flexibility index (Phi) is 5.87. The number of hydrogen-bond acceptors (Lipinski definition) is 7. The van der Waals surface area contributed by atoms with Crippen LogP contribution in [-0.4, -0.2) is 53.4 Å². The van der Waals surface area contributed by atoms with Gasteiger partial charge in [0.15, 0.2) is 6.29 Å². The molecule has 1 saturated heterocycles. The van der Waals surface area contributed by atoms with Gasteiger partial charge in [0.05, 0.1) is 25.2 Å². The Bertz CT molecular complexity index is 482. The second-order valence-electron chi connectivity index (χ2n) is 5.29. The summed E-state index contributed by atoms with van der Waals surface area (Å²) in [6.45, 7) is 1.66. The Labute approximate surface area is 128 Å². The second-order valence-corrected chi connectivity index (χ2v) is 5.29. The van der Waals surface area contributed by atoms with Crippen LogP contribution in [0.5, 0.6) is 0 Å². The van der Waals surface area contributed by atoms with E-state index in [-0.39, 0.29) is 13.2 Å². The maximum Gasteiger partial charge on any atom is 0.186 e. The summed E-state index contributed by atoms with van der Waals surface area (Å²) in [5, 5.41) is 33.4. The predicted molar refractivity (Wildman–Crippen MR) is 74.4 cm³/mol. The van der Waals surface area contributed by atoms with Crippen LogP contribution in [0.3, 0.4) is 0 Å². The standard InChI is InChI=1S/C15H21NO6/c1-9(14(19)20)16-11-8-22-15(13(18)12(11)17)21-7-10-5-3-2-4-6-10/h2-6,9,11-13,15-18H,7-8H2,1H3,(H,19,20)/p-1/t9-,11-,12+,13+,15-/m0/s1. The molecule has 0 spiro atoms. The van der Waals surface area contributed by atoms with Gasteiger partial charge in [-0.2, -0.15) is 0 Å². The van der Waals surface area contributed by atoms with Crippen LogP contribution >= 0.6 is 0 Å². The molecule has 0 bridgehead atoms. The number of hydrogen-bond donors (Lipinski definition) is 3. The third-order valence-electron chi connectivity index (χ3n) is 3.56. The van der Waals surface area contributed by atoms with Gasteiger partial charge < -0.3 is 34.9 Å². The van der Waals surface area contributed by atoms with Gasteiger partial charge in [-0.3, -0.25) is 0 Å². The molecule has 0 radical (unpaired) electrons. The van der Waals surface area contributed by atoms with Crippen molar-refractivity contribution < 1.29 is 29.6 Å². The van der Waals surface area contributed by atoms with Crippen molar-refractivity contribution in [2.75, 3.05) is 6.61 Å². The fourth-order valence-corrected chi connectivity index (χ4v) is 2.23. The first-order chi connectivity index (χ1) is 10.5. The number of carbonyl (C=O) groups excluding carboxylic acids is 1. The summed E-state index contributed by atoms with van der Waals surface area (Å²) >= 11 is 0. The molecule has 1 fully saturated rings. The third kappa shape index (κ3) is 4.25. The number of carboxylic acids is 1. The van der Waals surface area contributed by atoms with E-state index in [2.05, 4.69) is 5.32 Å². The van der Waals surface area contributed by atoms with E-state index in [0.29, 0.717) is 0 Å². The Hall–Kier alpha value is -1.51. The Balaban J connectivity index is 1.86. The van der Waals surface area contributed by atoms with Crippen LogP contribution in [0.1, 0.15) is 12.5 Å². The first kappa shape index (κ1) is 16.9. The largest absolute Gasteiger partial charge is 0.548 e. The van der Waals surface area contributed by atoms with Crippen molar-refractivity contribution in [1.29, 1.82) is 0 Å². The molecule has 3 N–H and O–H groups in total. The van der Waals surface area contributed by atoms with Crippen LogP contribution in [0.4, 0.5) is 0 Å². The monoisotopic (exact) mass is 310 g/mol. The summed E-state index contributed by atoms with van der Waals surface area (Å²) in [4.78, 5) is 10.7. The highest BCUT2D eigenvalue weighted by Gasteiger charge is 2.39. The molecule has 7 nitrogen and oxygen atoms in total. The van der Waals surface area contributed by atoms with Crippen molar-refractivity contribution in [2.24, 2.45) is 0 Å². The molecule has 1 aromatic rings. The zero-order valence-corrected chi connectivity index (χ0v) is 12.2. The molecule has 5 atom stereocenters. The predicted octanol–water partition coefficient (Wildman–Crippen LogP) is -1.62. The van der Waals surface area contributed by atoms with Crippen molar-refractivity contribution >= 4 is 5.97 Å². The minimum absolute atomic E-state index is 0.0231. The number of ether oxygens (including phenoxy) is 2. The van der Waals surface area contributed by atoms with E-state index in [1.54, 1.807) is 0 Å². The van der Waals surface area contributed by atoms with Gasteiger partial charge in [-0.1, -0.05) is 30.3 Å². The van der Waals surface area contributed by atoms with E-state index in [1.807, 2.05) is 30.3 Å². The summed E-state index contributed by atoms with van der Waals surface area (Å²) in [6, 6.07) is 7.69. The molecule has 122 valence electrons. The van der Waals surface area contributed by atoms with Gasteiger partial charge in [0, 0.05) is 6.04 Å². The number of nitrogens with one attached hydrogen (secondary N) is 1. The van der Waals surface area contributed by atoms with Crippen molar-refractivity contribution in [2.45, 2.75) is 44.1 Å². The lowest BCUT2D eigenvalue weighted by Crippen LogP contribution is -2.62. The minimum Gasteiger partial charge on any atom is -0.548 e. The van der Waals surface area contributed by atoms with Gasteiger partial charge in [0.1, 0.15) is 12.2 Å². The molecule has 0 amide bonds. The van der Waals surface area contributed by atoms with Crippen LogP contribution in [0, 0.1) is 0 Å². The van der Waals surface area contributed by atoms with Gasteiger partial charge in [-0.15, -0.1) is 0 Å². The highest BCUT2D eigenvalue weighted by atomic mass is 16.7. The average Bonchev–Trinajstić information content (AvgIpc) is 2.52. The summed E-state index contributed by atoms with van der Waals surface area (Å²) in [5.41, 5.74) is 0.915. The van der Waals surface area contributed by atoms with E-state index < -0.39 is 36.6 Å². The molecule has 2 rings (SSSR count). The summed E-state index contributed by atoms with van der Waals surface area (Å²) in [5.74, 6) is -1.29. The maximum absolute atomic E-state index is 10.7. The maximum atomic E-state index is 10.7. The second kappa shape index (κ2) is 7.66. The van der Waals surface area contributed by atoms with Crippen LogP contribution < -0.4 is 10.4 Å². The molecule has 1 aliphatic heterocycles. The van der Waals surface area contributed by atoms with Crippen molar-refractivity contribution in [3.8, 4) is 0 Å². The van der Waals surface area contributed by atoms with Crippen LogP contribution in [0.25, 0.3) is 0 Å². The molecule has 1 aromatic carbocycles. The summed E-state index contributed by atoms with van der Waals surface area (Å²) in [6.07, 6.45) is -3.44. The number of benzene rings is 1. The SMILES string of the molecule is C[C@H](N[C@H]1CO[C@H](OCc2ccccc2)[C@H](O)[C@@H]1O)C(=O)[O-]. The lowest BCUT2D eigenvalue weighted by atomic mass is 10.0. The van der Waals surface area contributed by atoms with Crippen molar-refractivity contribution in [3.63, 3.8) is 0 Å². The lowest BCUT2D eigenvalue weighted by Gasteiger charge is -2.38. The fraction of sp³-hybridized carbons (Fsp3) is 0.533. The normalized spacial score (nSPS) is 30.0. The van der Waals surface area contributed by atoms with Gasteiger partial charge in [-0.05, 0) is 12.5 Å². The quantitative estimate of drug-likeness (QED) is 0.579. The van der Waals surface area contributed by atoms with E-state index in [1.165, 1.54) is 6.92 Å². The highest BCUT2D eigenvalue weighted by molar-refractivity contribution is 5.70. The van der Waals surface area contributed by atoms with Gasteiger partial charge in [0.25, 0.3) is 0 Å². The third-order valence-corrected chi connectivity index (χ3v) is 3.56. The summed E-state index contributed by atoms with van der Waals surface area (Å²) < 4.78 is 10.8. The Morgan fingerprint density at radius 2 is 2.09 bits per heavy atom. The smallest absolute Gasteiger partial charge is 0.186 e. The average molecular weight is 310 g/mol. The van der Waals surface area contributed by atoms with Gasteiger partial charge in [0.2, 0.25) is 0 Å². The molecule has 0 saturated carbocycles. The zero-order chi connectivity index (χ0) is 16.1. The molecule has 0 aromatic heterocycles. The number of rotatable bonds is 6. The first-order valence-corrected chi connectivity index (χ1v) is 7.09. The van der Waals surface area contributed by atoms with Gasteiger partial charge in [-0.25, -0.2) is 0 Å². The number of aliphatic carboxylic acids is 1. The minimum atomic E-state index is -1.29. The Morgan fingerprint density at radius 3 is 2.73 bits per heavy atom. The van der Waals surface area contributed by atoms with Crippen LogP contribution in [-0.2, 0) is 20.9 Å². The molecule has 0 unspecified atom stereocenters. The molecule has 1 aliphatic rings. The van der Waals surface area contributed by atoms with Crippen LogP contribution in [0.15, 0.2) is 30.3 Å². The van der Waals surface area contributed by atoms with Crippen LogP contribution in [0.2, 0.25) is 0 Å². The lowest BCUT2D eigenvalue weighted by molar-refractivity contribution is -0.309. The highest BCUT2D eigenvalue weighted by Crippen LogP contribution is 2.18. The molecular formula is C15H20NO6-. The number of aliphatic hydroxyl groups excluding tert-OH is 2. The molecule has 1 heterocycles. The van der Waals surface area contributed by atoms with E-state index in [0.717, 1.165) is 5.56 Å². The van der Waals surface area contributed by atoms with Gasteiger partial charge >= 0.3 is 0 Å². The number of carboxylic acid groups (broad SMARTS) is 1. The van der Waals surface area contributed by atoms with E-state index >= 15 is 0 Å². The molecular weight excluding hydrogens is 290 g/mol. The van der Waals surface area contributed by atoms with Crippen molar-refractivity contribution in [1.82, 2.24) is 5.32 Å². The Morgan fingerprint density at radius 1 is 1.41 bits per heavy atom. The van der Waals surface area contributed by atoms with E-state index in [4.69, 9.17) is 9.47 Å². The van der Waals surface area contributed by atoms with E-state index in [9.17, 15) is 20.1 Å². The zero-order valence-electron chi connectivity index (χ0n) is 12.2. The molecule has 7 heteroatoms. The first-order valence-electron chi connectivity index (χ1n) is 7.09. The fourth-order valence-electron chi connectivity index (χ4n) is 2.23.